The number of aliphatic hydroxyl groups excluding tert-OH is 1. The highest BCUT2D eigenvalue weighted by Gasteiger charge is 2.51. The minimum atomic E-state index is -1.03. The van der Waals surface area contributed by atoms with Crippen molar-refractivity contribution >= 4 is 17.6 Å². The van der Waals surface area contributed by atoms with Crippen LogP contribution in [-0.4, -0.2) is 75.4 Å². The van der Waals surface area contributed by atoms with Crippen molar-refractivity contribution in [1.29, 1.82) is 0 Å². The maximum Gasteiger partial charge on any atom is 0.325 e. The fourth-order valence-corrected chi connectivity index (χ4v) is 5.26. The molecule has 9 nitrogen and oxygen atoms in total. The van der Waals surface area contributed by atoms with Crippen LogP contribution in [-0.2, 0) is 11.3 Å². The lowest BCUT2D eigenvalue weighted by Crippen LogP contribution is -2.56. The molecule has 0 radical (unpaired) electrons. The third-order valence-corrected chi connectivity index (χ3v) is 7.34. The van der Waals surface area contributed by atoms with E-state index in [1.807, 2.05) is 64.5 Å². The molecular formula is C27H31N5O4. The third-order valence-electron chi connectivity index (χ3n) is 7.34. The summed E-state index contributed by atoms with van der Waals surface area (Å²) in [6.07, 6.45) is 3.87. The fraction of sp³-hybridized carbons (Fsp3) is 0.370. The smallest absolute Gasteiger partial charge is 0.325 e. The molecule has 1 spiro atoms. The number of urea groups is 1. The van der Waals surface area contributed by atoms with E-state index >= 15 is 0 Å². The molecule has 2 N–H and O–H groups in total. The number of likely N-dealkylation sites (tertiary alicyclic amines) is 1. The number of H-pyrrole nitrogens is 1. The number of amides is 3. The first-order valence-electron chi connectivity index (χ1n) is 12.2. The monoisotopic (exact) mass is 489 g/mol. The van der Waals surface area contributed by atoms with Crippen molar-refractivity contribution in [3.8, 4) is 16.9 Å². The van der Waals surface area contributed by atoms with Gasteiger partial charge in [0.2, 0.25) is 0 Å². The van der Waals surface area contributed by atoms with E-state index in [0.717, 1.165) is 28.1 Å². The van der Waals surface area contributed by atoms with Crippen LogP contribution in [0.1, 0.15) is 25.3 Å². The molecule has 0 bridgehead atoms. The number of aliphatic hydroxyl groups is 1. The van der Waals surface area contributed by atoms with Crippen LogP contribution >= 0.6 is 0 Å². The molecule has 2 aliphatic heterocycles. The van der Waals surface area contributed by atoms with Gasteiger partial charge in [0.15, 0.2) is 0 Å². The van der Waals surface area contributed by atoms with Gasteiger partial charge in [-0.1, -0.05) is 24.3 Å². The number of piperidine rings is 1. The summed E-state index contributed by atoms with van der Waals surface area (Å²) in [4.78, 5) is 31.7. The molecule has 5 rings (SSSR count). The molecule has 0 unspecified atom stereocenters. The van der Waals surface area contributed by atoms with Crippen LogP contribution in [0.4, 0.5) is 10.5 Å². The number of aromatic amines is 1. The zero-order valence-corrected chi connectivity index (χ0v) is 20.6. The van der Waals surface area contributed by atoms with Crippen LogP contribution in [0.25, 0.3) is 11.1 Å². The summed E-state index contributed by atoms with van der Waals surface area (Å²) in [5.74, 6) is 0.484. The van der Waals surface area contributed by atoms with Gasteiger partial charge in [-0.3, -0.25) is 14.8 Å². The maximum absolute atomic E-state index is 13.9. The van der Waals surface area contributed by atoms with Gasteiger partial charge in [-0.05, 0) is 55.2 Å². The Hall–Kier alpha value is -3.85. The quantitative estimate of drug-likeness (QED) is 0.553. The number of benzene rings is 2. The number of hydrogen-bond donors (Lipinski definition) is 2. The number of carbonyl (C=O) groups is 2. The van der Waals surface area contributed by atoms with E-state index in [1.165, 1.54) is 6.92 Å². The van der Waals surface area contributed by atoms with Crippen molar-refractivity contribution in [1.82, 2.24) is 20.0 Å². The number of ether oxygens (including phenoxy) is 1. The van der Waals surface area contributed by atoms with Gasteiger partial charge < -0.3 is 19.6 Å². The van der Waals surface area contributed by atoms with Crippen LogP contribution in [0.15, 0.2) is 60.9 Å². The van der Waals surface area contributed by atoms with Gasteiger partial charge in [0.1, 0.15) is 11.9 Å². The van der Waals surface area contributed by atoms with E-state index in [9.17, 15) is 14.7 Å². The van der Waals surface area contributed by atoms with E-state index in [4.69, 9.17) is 4.74 Å². The molecule has 1 atom stereocenters. The fourth-order valence-electron chi connectivity index (χ4n) is 5.26. The summed E-state index contributed by atoms with van der Waals surface area (Å²) in [5.41, 5.74) is 3.41. The molecule has 0 saturated carbocycles. The number of hydrogen-bond acceptors (Lipinski definition) is 5. The predicted molar refractivity (Wildman–Crippen MR) is 136 cm³/mol. The van der Waals surface area contributed by atoms with Crippen LogP contribution in [0.3, 0.4) is 0 Å². The second kappa shape index (κ2) is 9.66. The van der Waals surface area contributed by atoms with Crippen molar-refractivity contribution in [2.45, 2.75) is 38.0 Å². The Morgan fingerprint density at radius 3 is 2.56 bits per heavy atom. The first-order valence-corrected chi connectivity index (χ1v) is 12.2. The normalized spacial score (nSPS) is 18.1. The van der Waals surface area contributed by atoms with Crippen molar-refractivity contribution in [3.63, 3.8) is 0 Å². The van der Waals surface area contributed by atoms with E-state index < -0.39 is 11.6 Å². The average Bonchev–Trinajstić information content (AvgIpc) is 3.53. The lowest BCUT2D eigenvalue weighted by atomic mass is 9.86. The Labute approximate surface area is 210 Å². The second-order valence-corrected chi connectivity index (χ2v) is 9.57. The number of methoxy groups -OCH3 is 1. The number of nitrogens with zero attached hydrogens (tertiary/aromatic N) is 4. The highest BCUT2D eigenvalue weighted by molar-refractivity contribution is 5.95. The molecule has 0 aliphatic carbocycles. The SMILES string of the molecule is COc1cccc(CN2C(=O)N(c3ccc(-c4cn[nH]c4)cc3)CC23CCN(C(=O)[C@@H](C)O)CC3)c1. The zero-order chi connectivity index (χ0) is 25.3. The zero-order valence-electron chi connectivity index (χ0n) is 20.6. The van der Waals surface area contributed by atoms with E-state index in [0.29, 0.717) is 39.0 Å². The van der Waals surface area contributed by atoms with Crippen molar-refractivity contribution in [3.05, 3.63) is 66.5 Å². The average molecular weight is 490 g/mol. The molecule has 3 heterocycles. The molecule has 2 saturated heterocycles. The van der Waals surface area contributed by atoms with Crippen LogP contribution in [0.2, 0.25) is 0 Å². The molecule has 1 aromatic heterocycles. The van der Waals surface area contributed by atoms with Crippen molar-refractivity contribution in [2.75, 3.05) is 31.6 Å². The summed E-state index contributed by atoms with van der Waals surface area (Å²) in [5, 5.41) is 16.6. The minimum absolute atomic E-state index is 0.0517. The topological polar surface area (TPSA) is 102 Å². The molecule has 3 aromatic rings. The van der Waals surface area contributed by atoms with Gasteiger partial charge in [-0.25, -0.2) is 4.79 Å². The van der Waals surface area contributed by atoms with Crippen molar-refractivity contribution in [2.24, 2.45) is 0 Å². The summed E-state index contributed by atoms with van der Waals surface area (Å²) in [6.45, 7) is 3.48. The maximum atomic E-state index is 13.9. The third kappa shape index (κ3) is 4.42. The largest absolute Gasteiger partial charge is 0.497 e. The lowest BCUT2D eigenvalue weighted by Gasteiger charge is -2.44. The van der Waals surface area contributed by atoms with Gasteiger partial charge in [-0.15, -0.1) is 0 Å². The van der Waals surface area contributed by atoms with E-state index in [2.05, 4.69) is 10.2 Å². The number of anilines is 1. The molecule has 2 aliphatic rings. The Morgan fingerprint density at radius 2 is 1.92 bits per heavy atom. The summed E-state index contributed by atoms with van der Waals surface area (Å²) < 4.78 is 5.39. The van der Waals surface area contributed by atoms with Crippen molar-refractivity contribution < 1.29 is 19.4 Å². The number of nitrogens with one attached hydrogen (secondary N) is 1. The van der Waals surface area contributed by atoms with Crippen LogP contribution in [0.5, 0.6) is 5.75 Å². The van der Waals surface area contributed by atoms with Gasteiger partial charge in [-0.2, -0.15) is 5.10 Å². The highest BCUT2D eigenvalue weighted by atomic mass is 16.5. The van der Waals surface area contributed by atoms with Gasteiger partial charge in [0.05, 0.1) is 25.4 Å². The van der Waals surface area contributed by atoms with Gasteiger partial charge in [0, 0.05) is 37.1 Å². The van der Waals surface area contributed by atoms with Crippen LogP contribution in [0, 0.1) is 0 Å². The van der Waals surface area contributed by atoms with E-state index in [1.54, 1.807) is 18.2 Å². The number of aromatic nitrogens is 2. The van der Waals surface area contributed by atoms with Gasteiger partial charge in [0.25, 0.3) is 5.91 Å². The molecule has 2 aromatic carbocycles. The first-order chi connectivity index (χ1) is 17.4. The molecule has 9 heteroatoms. The molecule has 2 fully saturated rings. The summed E-state index contributed by atoms with van der Waals surface area (Å²) >= 11 is 0. The molecular weight excluding hydrogens is 458 g/mol. The first kappa shape index (κ1) is 23.9. The number of carbonyl (C=O) groups excluding carboxylic acids is 2. The minimum Gasteiger partial charge on any atom is -0.497 e. The van der Waals surface area contributed by atoms with E-state index in [-0.39, 0.29) is 11.9 Å². The van der Waals surface area contributed by atoms with Crippen LogP contribution < -0.4 is 9.64 Å². The Kier molecular flexibility index (Phi) is 6.40. The second-order valence-electron chi connectivity index (χ2n) is 9.57. The molecule has 3 amide bonds. The summed E-state index contributed by atoms with van der Waals surface area (Å²) in [7, 11) is 1.63. The predicted octanol–water partition coefficient (Wildman–Crippen LogP) is 3.27. The molecule has 36 heavy (non-hydrogen) atoms. The molecule has 188 valence electrons. The Bertz CT molecular complexity index is 1220. The summed E-state index contributed by atoms with van der Waals surface area (Å²) in [6, 6.07) is 15.6. The standard InChI is InChI=1S/C27H31N5O4/c1-19(33)25(34)30-12-10-27(11-13-30)18-31(23-8-6-21(7-9-23)22-15-28-29-16-22)26(35)32(27)17-20-4-3-5-24(14-20)36-2/h3-9,14-16,19,33H,10-13,17-18H2,1-2H3,(H,28,29)/t19-/m1/s1. The Morgan fingerprint density at radius 1 is 1.17 bits per heavy atom. The lowest BCUT2D eigenvalue weighted by molar-refractivity contribution is -0.141. The van der Waals surface area contributed by atoms with Gasteiger partial charge >= 0.3 is 6.03 Å². The highest BCUT2D eigenvalue weighted by Crippen LogP contribution is 2.40. The Balaban J connectivity index is 1.43. The number of rotatable bonds is 6.